The Kier molecular flexibility index (Phi) is 8.62. The van der Waals surface area contributed by atoms with E-state index in [-0.39, 0.29) is 12.7 Å². The second kappa shape index (κ2) is 9.38. The van der Waals surface area contributed by atoms with Gasteiger partial charge in [-0.2, -0.15) is 0 Å². The van der Waals surface area contributed by atoms with Gasteiger partial charge in [0.15, 0.2) is 0 Å². The third-order valence-corrected chi connectivity index (χ3v) is 4.20. The lowest BCUT2D eigenvalue weighted by atomic mass is 10.3. The van der Waals surface area contributed by atoms with E-state index in [2.05, 4.69) is 53.1 Å². The molecule has 0 bridgehead atoms. The van der Waals surface area contributed by atoms with Crippen LogP contribution >= 0.6 is 47.8 Å². The minimum Gasteiger partial charge on any atom is -0.389 e. The summed E-state index contributed by atoms with van der Waals surface area (Å²) in [7, 11) is 1.63. The molecule has 4 nitrogen and oxygen atoms in total. The first-order valence-electron chi connectivity index (χ1n) is 6.11. The SMILES string of the molecule is COCC(C)OCC(O)CNc1c(Br)cc(Br)cc1Br. The Morgan fingerprint density at radius 2 is 1.80 bits per heavy atom. The fourth-order valence-electron chi connectivity index (χ4n) is 1.55. The molecule has 0 aliphatic carbocycles. The first-order chi connectivity index (χ1) is 9.43. The third kappa shape index (κ3) is 6.41. The van der Waals surface area contributed by atoms with Crippen molar-refractivity contribution in [1.82, 2.24) is 0 Å². The normalized spacial score (nSPS) is 14.1. The van der Waals surface area contributed by atoms with Crippen LogP contribution in [0.25, 0.3) is 0 Å². The molecule has 7 heteroatoms. The van der Waals surface area contributed by atoms with Crippen molar-refractivity contribution >= 4 is 53.5 Å². The number of benzene rings is 1. The van der Waals surface area contributed by atoms with Crippen molar-refractivity contribution in [1.29, 1.82) is 0 Å². The van der Waals surface area contributed by atoms with Crippen molar-refractivity contribution in [2.24, 2.45) is 0 Å². The fraction of sp³-hybridized carbons (Fsp3) is 0.538. The van der Waals surface area contributed by atoms with Gasteiger partial charge >= 0.3 is 0 Å². The van der Waals surface area contributed by atoms with E-state index in [4.69, 9.17) is 9.47 Å². The molecule has 0 heterocycles. The van der Waals surface area contributed by atoms with E-state index in [9.17, 15) is 5.11 Å². The third-order valence-electron chi connectivity index (χ3n) is 2.50. The number of hydrogen-bond acceptors (Lipinski definition) is 4. The number of anilines is 1. The Bertz CT molecular complexity index is 408. The summed E-state index contributed by atoms with van der Waals surface area (Å²) in [5, 5.41) is 13.1. The maximum absolute atomic E-state index is 9.90. The predicted octanol–water partition coefficient (Wildman–Crippen LogP) is 3.80. The summed E-state index contributed by atoms with van der Waals surface area (Å²) in [4.78, 5) is 0. The van der Waals surface area contributed by atoms with Gasteiger partial charge in [0, 0.05) is 27.1 Å². The quantitative estimate of drug-likeness (QED) is 0.600. The lowest BCUT2D eigenvalue weighted by molar-refractivity contribution is -0.0282. The van der Waals surface area contributed by atoms with Crippen LogP contribution < -0.4 is 5.32 Å². The zero-order valence-electron chi connectivity index (χ0n) is 11.3. The molecule has 0 fully saturated rings. The average molecular weight is 476 g/mol. The van der Waals surface area contributed by atoms with E-state index in [0.29, 0.717) is 13.2 Å². The highest BCUT2D eigenvalue weighted by molar-refractivity contribution is 9.11. The first-order valence-corrected chi connectivity index (χ1v) is 8.49. The van der Waals surface area contributed by atoms with Gasteiger partial charge in [0.1, 0.15) is 0 Å². The Morgan fingerprint density at radius 1 is 1.20 bits per heavy atom. The van der Waals surface area contributed by atoms with Gasteiger partial charge in [-0.3, -0.25) is 0 Å². The Morgan fingerprint density at radius 3 is 2.35 bits per heavy atom. The average Bonchev–Trinajstić information content (AvgIpc) is 2.35. The van der Waals surface area contributed by atoms with E-state index in [0.717, 1.165) is 19.1 Å². The van der Waals surface area contributed by atoms with Crippen molar-refractivity contribution < 1.29 is 14.6 Å². The molecule has 0 saturated carbocycles. The second-order valence-corrected chi connectivity index (χ2v) is 7.00. The van der Waals surface area contributed by atoms with E-state index in [1.54, 1.807) is 7.11 Å². The number of halogens is 3. The zero-order chi connectivity index (χ0) is 15.1. The summed E-state index contributed by atoms with van der Waals surface area (Å²) >= 11 is 10.4. The highest BCUT2D eigenvalue weighted by Crippen LogP contribution is 2.34. The predicted molar refractivity (Wildman–Crippen MR) is 91.3 cm³/mol. The molecular weight excluding hydrogens is 458 g/mol. The molecule has 1 rings (SSSR count). The summed E-state index contributed by atoms with van der Waals surface area (Å²) in [6, 6.07) is 3.88. The van der Waals surface area contributed by atoms with Crippen LogP contribution in [0.3, 0.4) is 0 Å². The summed E-state index contributed by atoms with van der Waals surface area (Å²) in [6.45, 7) is 3.09. The van der Waals surface area contributed by atoms with E-state index in [1.807, 2.05) is 19.1 Å². The number of aliphatic hydroxyl groups excluding tert-OH is 1. The second-order valence-electron chi connectivity index (χ2n) is 4.38. The fourth-order valence-corrected chi connectivity index (χ4v) is 4.09. The minimum atomic E-state index is -0.586. The number of methoxy groups -OCH3 is 1. The zero-order valence-corrected chi connectivity index (χ0v) is 16.1. The van der Waals surface area contributed by atoms with Crippen LogP contribution in [0.15, 0.2) is 25.6 Å². The van der Waals surface area contributed by atoms with E-state index in [1.165, 1.54) is 0 Å². The van der Waals surface area contributed by atoms with Gasteiger partial charge in [0.2, 0.25) is 0 Å². The van der Waals surface area contributed by atoms with Crippen LogP contribution in [0, 0.1) is 0 Å². The maximum atomic E-state index is 9.90. The summed E-state index contributed by atoms with van der Waals surface area (Å²) in [6.07, 6.45) is -0.613. The highest BCUT2D eigenvalue weighted by Gasteiger charge is 2.11. The van der Waals surface area contributed by atoms with Crippen LogP contribution in [0.4, 0.5) is 5.69 Å². The summed E-state index contributed by atoms with van der Waals surface area (Å²) in [5.41, 5.74) is 0.900. The molecule has 2 unspecified atom stereocenters. The number of ether oxygens (including phenoxy) is 2. The van der Waals surface area contributed by atoms with Crippen LogP contribution in [-0.4, -0.2) is 44.2 Å². The molecule has 20 heavy (non-hydrogen) atoms. The number of aliphatic hydroxyl groups is 1. The molecule has 0 amide bonds. The van der Waals surface area contributed by atoms with Crippen LogP contribution in [0.2, 0.25) is 0 Å². The van der Waals surface area contributed by atoms with Crippen LogP contribution in [0.1, 0.15) is 6.92 Å². The van der Waals surface area contributed by atoms with Gasteiger partial charge in [0.05, 0.1) is 31.1 Å². The van der Waals surface area contributed by atoms with Gasteiger partial charge in [-0.1, -0.05) is 15.9 Å². The van der Waals surface area contributed by atoms with Crippen molar-refractivity contribution in [3.05, 3.63) is 25.6 Å². The Hall–Kier alpha value is 0.340. The highest BCUT2D eigenvalue weighted by atomic mass is 79.9. The van der Waals surface area contributed by atoms with Crippen molar-refractivity contribution in [2.75, 3.05) is 32.2 Å². The monoisotopic (exact) mass is 473 g/mol. The molecule has 0 aliphatic heterocycles. The molecule has 0 spiro atoms. The standard InChI is InChI=1S/C13H18Br3NO3/c1-8(6-19-2)20-7-10(18)5-17-13-11(15)3-9(14)4-12(13)16/h3-4,8,10,17-18H,5-7H2,1-2H3. The first kappa shape index (κ1) is 18.4. The molecule has 114 valence electrons. The molecule has 0 aromatic heterocycles. The van der Waals surface area contributed by atoms with Gasteiger partial charge in [0.25, 0.3) is 0 Å². The van der Waals surface area contributed by atoms with Gasteiger partial charge in [-0.15, -0.1) is 0 Å². The maximum Gasteiger partial charge on any atom is 0.0945 e. The van der Waals surface area contributed by atoms with Gasteiger partial charge < -0.3 is 19.9 Å². The van der Waals surface area contributed by atoms with Crippen molar-refractivity contribution in [2.45, 2.75) is 19.1 Å². The molecule has 1 aromatic rings. The molecule has 0 radical (unpaired) electrons. The molecule has 1 aromatic carbocycles. The van der Waals surface area contributed by atoms with Crippen LogP contribution in [-0.2, 0) is 9.47 Å². The molecule has 2 N–H and O–H groups in total. The lowest BCUT2D eigenvalue weighted by Crippen LogP contribution is -2.28. The summed E-state index contributed by atoms with van der Waals surface area (Å²) < 4.78 is 13.2. The number of nitrogens with one attached hydrogen (secondary N) is 1. The summed E-state index contributed by atoms with van der Waals surface area (Å²) in [5.74, 6) is 0. The Labute approximate surface area is 144 Å². The molecule has 0 aliphatic rings. The van der Waals surface area contributed by atoms with E-state index >= 15 is 0 Å². The largest absolute Gasteiger partial charge is 0.389 e. The number of hydrogen-bond donors (Lipinski definition) is 2. The van der Waals surface area contributed by atoms with Crippen molar-refractivity contribution in [3.63, 3.8) is 0 Å². The van der Waals surface area contributed by atoms with Crippen molar-refractivity contribution in [3.8, 4) is 0 Å². The lowest BCUT2D eigenvalue weighted by Gasteiger charge is -2.18. The Balaban J connectivity index is 2.43. The van der Waals surface area contributed by atoms with Gasteiger partial charge in [-0.25, -0.2) is 0 Å². The van der Waals surface area contributed by atoms with E-state index < -0.39 is 6.10 Å². The minimum absolute atomic E-state index is 0.0270. The molecular formula is C13H18Br3NO3. The molecule has 0 saturated heterocycles. The van der Waals surface area contributed by atoms with Crippen LogP contribution in [0.5, 0.6) is 0 Å². The van der Waals surface area contributed by atoms with Gasteiger partial charge in [-0.05, 0) is 50.9 Å². The topological polar surface area (TPSA) is 50.7 Å². The molecule has 2 atom stereocenters. The number of rotatable bonds is 8. The smallest absolute Gasteiger partial charge is 0.0945 e.